The first-order valence-electron chi connectivity index (χ1n) is 5.61. The van der Waals surface area contributed by atoms with Crippen molar-refractivity contribution in [1.82, 2.24) is 4.90 Å². The first-order chi connectivity index (χ1) is 7.59. The average Bonchev–Trinajstić information content (AvgIpc) is 2.67. The molecule has 1 aromatic rings. The molecule has 1 aromatic heterocycles. The third-order valence-electron chi connectivity index (χ3n) is 2.74. The molecule has 16 heavy (non-hydrogen) atoms. The van der Waals surface area contributed by atoms with Crippen LogP contribution in [0.5, 0.6) is 0 Å². The second-order valence-corrected chi connectivity index (χ2v) is 4.98. The number of ether oxygens (including phenoxy) is 1. The monoisotopic (exact) mass is 225 g/mol. The number of hydrogen-bond donors (Lipinski definition) is 1. The Kier molecular flexibility index (Phi) is 3.33. The number of furan rings is 1. The summed E-state index contributed by atoms with van der Waals surface area (Å²) in [6.07, 6.45) is 3.36. The maximum Gasteiger partial charge on any atom is 0.0947 e. The predicted octanol–water partition coefficient (Wildman–Crippen LogP) is 1.25. The van der Waals surface area contributed by atoms with Crippen LogP contribution in [0.1, 0.15) is 19.4 Å². The lowest BCUT2D eigenvalue weighted by Crippen LogP contribution is -2.53. The van der Waals surface area contributed by atoms with Gasteiger partial charge in [0.25, 0.3) is 0 Å². The van der Waals surface area contributed by atoms with Crippen molar-refractivity contribution < 1.29 is 14.3 Å². The van der Waals surface area contributed by atoms with Crippen molar-refractivity contribution in [2.75, 3.05) is 19.7 Å². The zero-order valence-electron chi connectivity index (χ0n) is 9.85. The van der Waals surface area contributed by atoms with Gasteiger partial charge >= 0.3 is 0 Å². The van der Waals surface area contributed by atoms with Gasteiger partial charge in [0.15, 0.2) is 0 Å². The molecule has 0 aliphatic carbocycles. The van der Waals surface area contributed by atoms with E-state index < -0.39 is 0 Å². The molecule has 0 amide bonds. The first-order valence-corrected chi connectivity index (χ1v) is 5.61. The van der Waals surface area contributed by atoms with Crippen LogP contribution in [-0.4, -0.2) is 41.4 Å². The van der Waals surface area contributed by atoms with Crippen molar-refractivity contribution in [2.45, 2.75) is 32.1 Å². The number of hydrogen-bond acceptors (Lipinski definition) is 4. The van der Waals surface area contributed by atoms with Crippen molar-refractivity contribution in [3.05, 3.63) is 24.2 Å². The van der Waals surface area contributed by atoms with Gasteiger partial charge in [-0.05, 0) is 19.9 Å². The molecule has 1 N–H and O–H groups in total. The van der Waals surface area contributed by atoms with Gasteiger partial charge in [0, 0.05) is 25.2 Å². The Labute approximate surface area is 95.8 Å². The SMILES string of the molecule is CC1(C)CN(Cc2ccoc2)CC(CO)O1. The van der Waals surface area contributed by atoms with Crippen LogP contribution in [0.15, 0.2) is 23.0 Å². The molecule has 0 bridgehead atoms. The molecule has 0 spiro atoms. The summed E-state index contributed by atoms with van der Waals surface area (Å²) in [7, 11) is 0. The highest BCUT2D eigenvalue weighted by Crippen LogP contribution is 2.22. The van der Waals surface area contributed by atoms with E-state index in [1.54, 1.807) is 12.5 Å². The van der Waals surface area contributed by atoms with Crippen LogP contribution in [0.4, 0.5) is 0 Å². The largest absolute Gasteiger partial charge is 0.472 e. The summed E-state index contributed by atoms with van der Waals surface area (Å²) < 4.78 is 10.8. The highest BCUT2D eigenvalue weighted by Gasteiger charge is 2.32. The van der Waals surface area contributed by atoms with Crippen LogP contribution < -0.4 is 0 Å². The Hall–Kier alpha value is -0.840. The predicted molar refractivity (Wildman–Crippen MR) is 60.0 cm³/mol. The third-order valence-corrected chi connectivity index (χ3v) is 2.74. The van der Waals surface area contributed by atoms with Crippen molar-refractivity contribution in [3.8, 4) is 0 Å². The molecule has 2 rings (SSSR count). The lowest BCUT2D eigenvalue weighted by molar-refractivity contribution is -0.150. The van der Waals surface area contributed by atoms with E-state index in [2.05, 4.69) is 18.7 Å². The lowest BCUT2D eigenvalue weighted by Gasteiger charge is -2.42. The smallest absolute Gasteiger partial charge is 0.0947 e. The zero-order chi connectivity index (χ0) is 11.6. The van der Waals surface area contributed by atoms with Gasteiger partial charge in [-0.25, -0.2) is 0 Å². The summed E-state index contributed by atoms with van der Waals surface area (Å²) in [6, 6.07) is 1.97. The van der Waals surface area contributed by atoms with Gasteiger partial charge in [0.05, 0.1) is 30.8 Å². The molecule has 1 fully saturated rings. The second-order valence-electron chi connectivity index (χ2n) is 4.98. The zero-order valence-corrected chi connectivity index (χ0v) is 9.85. The molecule has 4 nitrogen and oxygen atoms in total. The van der Waals surface area contributed by atoms with Gasteiger partial charge in [0.1, 0.15) is 0 Å². The minimum Gasteiger partial charge on any atom is -0.472 e. The van der Waals surface area contributed by atoms with E-state index in [0.29, 0.717) is 0 Å². The topological polar surface area (TPSA) is 45.8 Å². The highest BCUT2D eigenvalue weighted by molar-refractivity contribution is 5.05. The van der Waals surface area contributed by atoms with Crippen LogP contribution in [-0.2, 0) is 11.3 Å². The summed E-state index contributed by atoms with van der Waals surface area (Å²) in [5, 5.41) is 9.20. The van der Waals surface area contributed by atoms with E-state index in [1.807, 2.05) is 6.07 Å². The van der Waals surface area contributed by atoms with Crippen molar-refractivity contribution in [1.29, 1.82) is 0 Å². The summed E-state index contributed by atoms with van der Waals surface area (Å²) in [5.41, 5.74) is 0.962. The minimum atomic E-state index is -0.199. The van der Waals surface area contributed by atoms with Crippen LogP contribution in [0.2, 0.25) is 0 Å². The maximum atomic E-state index is 9.20. The molecule has 1 aliphatic rings. The minimum absolute atomic E-state index is 0.0747. The molecule has 0 radical (unpaired) electrons. The summed E-state index contributed by atoms with van der Waals surface area (Å²) >= 11 is 0. The standard InChI is InChI=1S/C12H19NO3/c1-12(2)9-13(6-11(7-14)16-12)5-10-3-4-15-8-10/h3-4,8,11,14H,5-7,9H2,1-2H3. The second kappa shape index (κ2) is 4.57. The molecule has 1 atom stereocenters. The molecular weight excluding hydrogens is 206 g/mol. The molecule has 2 heterocycles. The fourth-order valence-corrected chi connectivity index (χ4v) is 2.27. The molecule has 1 aliphatic heterocycles. The number of rotatable bonds is 3. The van der Waals surface area contributed by atoms with Gasteiger partial charge in [-0.1, -0.05) is 0 Å². The van der Waals surface area contributed by atoms with Gasteiger partial charge in [0.2, 0.25) is 0 Å². The van der Waals surface area contributed by atoms with E-state index in [0.717, 1.165) is 25.2 Å². The van der Waals surface area contributed by atoms with Gasteiger partial charge in [-0.2, -0.15) is 0 Å². The quantitative estimate of drug-likeness (QED) is 0.841. The average molecular weight is 225 g/mol. The number of nitrogens with zero attached hydrogens (tertiary/aromatic N) is 1. The molecule has 90 valence electrons. The van der Waals surface area contributed by atoms with Crippen LogP contribution in [0.3, 0.4) is 0 Å². The number of aliphatic hydroxyl groups is 1. The molecule has 0 aromatic carbocycles. The normalized spacial score (nSPS) is 25.8. The van der Waals surface area contributed by atoms with Crippen LogP contribution >= 0.6 is 0 Å². The van der Waals surface area contributed by atoms with Crippen LogP contribution in [0.25, 0.3) is 0 Å². The highest BCUT2D eigenvalue weighted by atomic mass is 16.5. The van der Waals surface area contributed by atoms with E-state index in [9.17, 15) is 5.11 Å². The fraction of sp³-hybridized carbons (Fsp3) is 0.667. The molecule has 4 heteroatoms. The van der Waals surface area contributed by atoms with Crippen molar-refractivity contribution in [3.63, 3.8) is 0 Å². The maximum absolute atomic E-state index is 9.20. The first kappa shape index (κ1) is 11.6. The van der Waals surface area contributed by atoms with E-state index in [4.69, 9.17) is 9.15 Å². The Morgan fingerprint density at radius 2 is 2.38 bits per heavy atom. The van der Waals surface area contributed by atoms with Gasteiger partial charge in [-0.3, -0.25) is 4.90 Å². The molecule has 1 unspecified atom stereocenters. The van der Waals surface area contributed by atoms with E-state index in [1.165, 1.54) is 0 Å². The Morgan fingerprint density at radius 1 is 1.56 bits per heavy atom. The van der Waals surface area contributed by atoms with E-state index in [-0.39, 0.29) is 18.3 Å². The molecule has 1 saturated heterocycles. The summed E-state index contributed by atoms with van der Waals surface area (Å²) in [4.78, 5) is 2.29. The molecule has 0 saturated carbocycles. The number of morpholine rings is 1. The Morgan fingerprint density at radius 3 is 3.00 bits per heavy atom. The Balaban J connectivity index is 1.99. The molecular formula is C12H19NO3. The summed E-state index contributed by atoms with van der Waals surface area (Å²) in [5.74, 6) is 0. The Bertz CT molecular complexity index is 321. The van der Waals surface area contributed by atoms with E-state index >= 15 is 0 Å². The fourth-order valence-electron chi connectivity index (χ4n) is 2.27. The van der Waals surface area contributed by atoms with Gasteiger partial charge < -0.3 is 14.3 Å². The van der Waals surface area contributed by atoms with Crippen molar-refractivity contribution >= 4 is 0 Å². The van der Waals surface area contributed by atoms with Gasteiger partial charge in [-0.15, -0.1) is 0 Å². The third kappa shape index (κ3) is 2.84. The van der Waals surface area contributed by atoms with Crippen LogP contribution in [0, 0.1) is 0 Å². The van der Waals surface area contributed by atoms with Crippen molar-refractivity contribution in [2.24, 2.45) is 0 Å². The summed E-state index contributed by atoms with van der Waals surface area (Å²) in [6.45, 7) is 6.67. The lowest BCUT2D eigenvalue weighted by atomic mass is 10.0. The number of aliphatic hydroxyl groups excluding tert-OH is 1.